The molecule has 0 aromatic carbocycles. The first-order valence-corrected chi connectivity index (χ1v) is 8.21. The van der Waals surface area contributed by atoms with Crippen molar-refractivity contribution < 1.29 is 9.53 Å². The number of aromatic nitrogens is 3. The van der Waals surface area contributed by atoms with Crippen LogP contribution in [-0.2, 0) is 17.7 Å². The molecular weight excluding hydrogens is 320 g/mol. The molecule has 1 aliphatic rings. The maximum absolute atomic E-state index is 12.7. The Morgan fingerprint density at radius 2 is 2.16 bits per heavy atom. The van der Waals surface area contributed by atoms with Gasteiger partial charge < -0.3 is 15.0 Å². The van der Waals surface area contributed by atoms with Crippen molar-refractivity contribution in [2.75, 3.05) is 5.73 Å². The van der Waals surface area contributed by atoms with Crippen molar-refractivity contribution in [1.82, 2.24) is 14.1 Å². The van der Waals surface area contributed by atoms with Gasteiger partial charge in [-0.1, -0.05) is 6.08 Å². The maximum atomic E-state index is 12.7. The Kier molecular flexibility index (Phi) is 4.24. The summed E-state index contributed by atoms with van der Waals surface area (Å²) in [6.45, 7) is 5.59. The van der Waals surface area contributed by atoms with Crippen LogP contribution in [0.4, 0.5) is 10.5 Å². The minimum atomic E-state index is -0.621. The zero-order chi connectivity index (χ0) is 18.2. The van der Waals surface area contributed by atoms with E-state index in [1.807, 2.05) is 32.9 Å². The van der Waals surface area contributed by atoms with Gasteiger partial charge in [0.2, 0.25) is 0 Å². The number of pyridine rings is 1. The molecule has 2 aromatic rings. The summed E-state index contributed by atoms with van der Waals surface area (Å²) in [7, 11) is 0. The van der Waals surface area contributed by atoms with Gasteiger partial charge >= 0.3 is 6.09 Å². The van der Waals surface area contributed by atoms with Gasteiger partial charge in [-0.15, -0.1) is 0 Å². The molecule has 0 saturated carbocycles. The first-order chi connectivity index (χ1) is 11.8. The third-order valence-electron chi connectivity index (χ3n) is 3.83. The SMILES string of the molecule is CC(C)(C)OC(=O)n1c(Cn2cccc(N)c2=O)nc2c1CCC=C2. The lowest BCUT2D eigenvalue weighted by molar-refractivity contribution is 0.0527. The maximum Gasteiger partial charge on any atom is 0.420 e. The monoisotopic (exact) mass is 342 g/mol. The normalized spacial score (nSPS) is 13.6. The minimum absolute atomic E-state index is 0.143. The fraction of sp³-hybridized carbons (Fsp3) is 0.389. The standard InChI is InChI=1S/C18H22N4O3/c1-18(2,3)25-17(24)22-14-9-5-4-8-13(14)20-15(22)11-21-10-6-7-12(19)16(21)23/h4,6-8,10H,5,9,11,19H2,1-3H3. The summed E-state index contributed by atoms with van der Waals surface area (Å²) in [4.78, 5) is 29.5. The third-order valence-corrected chi connectivity index (χ3v) is 3.83. The summed E-state index contributed by atoms with van der Waals surface area (Å²) in [5, 5.41) is 0. The molecule has 7 nitrogen and oxygen atoms in total. The largest absolute Gasteiger partial charge is 0.443 e. The molecule has 2 heterocycles. The number of carbonyl (C=O) groups excluding carboxylic acids is 1. The Morgan fingerprint density at radius 1 is 1.40 bits per heavy atom. The van der Waals surface area contributed by atoms with Crippen molar-refractivity contribution in [1.29, 1.82) is 0 Å². The Bertz CT molecular complexity index is 900. The zero-order valence-electron chi connectivity index (χ0n) is 14.7. The summed E-state index contributed by atoms with van der Waals surface area (Å²) in [5.74, 6) is 0.457. The van der Waals surface area contributed by atoms with Crippen molar-refractivity contribution in [2.45, 2.75) is 45.8 Å². The molecule has 3 rings (SSSR count). The number of imidazole rings is 1. The average molecular weight is 342 g/mol. The van der Waals surface area contributed by atoms with Crippen molar-refractivity contribution in [2.24, 2.45) is 0 Å². The Morgan fingerprint density at radius 3 is 2.88 bits per heavy atom. The molecule has 25 heavy (non-hydrogen) atoms. The number of nitrogen functional groups attached to an aromatic ring is 1. The number of anilines is 1. The summed E-state index contributed by atoms with van der Waals surface area (Å²) in [6, 6.07) is 3.24. The van der Waals surface area contributed by atoms with Gasteiger partial charge in [-0.2, -0.15) is 0 Å². The van der Waals surface area contributed by atoms with Crippen LogP contribution in [0.1, 0.15) is 44.4 Å². The van der Waals surface area contributed by atoms with Gasteiger partial charge in [-0.3, -0.25) is 4.79 Å². The first-order valence-electron chi connectivity index (χ1n) is 8.21. The minimum Gasteiger partial charge on any atom is -0.443 e. The second-order valence-corrected chi connectivity index (χ2v) is 7.01. The Balaban J connectivity index is 2.05. The summed E-state index contributed by atoms with van der Waals surface area (Å²) >= 11 is 0. The lowest BCUT2D eigenvalue weighted by Crippen LogP contribution is -2.31. The average Bonchev–Trinajstić information content (AvgIpc) is 2.88. The molecule has 0 aliphatic heterocycles. The van der Waals surface area contributed by atoms with Crippen LogP contribution in [0.2, 0.25) is 0 Å². The van der Waals surface area contributed by atoms with Gasteiger partial charge in [0.05, 0.1) is 23.6 Å². The van der Waals surface area contributed by atoms with Crippen LogP contribution in [-0.4, -0.2) is 25.8 Å². The lowest BCUT2D eigenvalue weighted by Gasteiger charge is -2.21. The quantitative estimate of drug-likeness (QED) is 0.905. The fourth-order valence-corrected chi connectivity index (χ4v) is 2.77. The van der Waals surface area contributed by atoms with E-state index in [4.69, 9.17) is 10.5 Å². The van der Waals surface area contributed by atoms with Crippen molar-refractivity contribution in [3.63, 3.8) is 0 Å². The van der Waals surface area contributed by atoms with E-state index in [-0.39, 0.29) is 17.8 Å². The zero-order valence-corrected chi connectivity index (χ0v) is 14.7. The van der Waals surface area contributed by atoms with Crippen molar-refractivity contribution in [3.05, 3.63) is 52.0 Å². The molecule has 0 amide bonds. The van der Waals surface area contributed by atoms with E-state index in [9.17, 15) is 9.59 Å². The molecular formula is C18H22N4O3. The van der Waals surface area contributed by atoms with Crippen LogP contribution in [0.3, 0.4) is 0 Å². The highest BCUT2D eigenvalue weighted by Crippen LogP contribution is 2.22. The highest BCUT2D eigenvalue weighted by Gasteiger charge is 2.26. The molecule has 0 bridgehead atoms. The van der Waals surface area contributed by atoms with E-state index < -0.39 is 11.7 Å². The summed E-state index contributed by atoms with van der Waals surface area (Å²) in [5.41, 5.74) is 6.46. The second-order valence-electron chi connectivity index (χ2n) is 7.01. The Labute approximate surface area is 145 Å². The van der Waals surface area contributed by atoms with Crippen LogP contribution >= 0.6 is 0 Å². The Hall–Kier alpha value is -2.83. The topological polar surface area (TPSA) is 92.1 Å². The van der Waals surface area contributed by atoms with Crippen molar-refractivity contribution in [3.8, 4) is 0 Å². The molecule has 132 valence electrons. The highest BCUT2D eigenvalue weighted by molar-refractivity contribution is 5.74. The van der Waals surface area contributed by atoms with E-state index >= 15 is 0 Å². The molecule has 0 fully saturated rings. The molecule has 2 aromatic heterocycles. The van der Waals surface area contributed by atoms with Gasteiger partial charge in [0, 0.05) is 6.20 Å². The lowest BCUT2D eigenvalue weighted by atomic mass is 10.1. The van der Waals surface area contributed by atoms with Crippen LogP contribution in [0, 0.1) is 0 Å². The summed E-state index contributed by atoms with van der Waals surface area (Å²) in [6.07, 6.45) is 6.59. The number of carbonyl (C=O) groups is 1. The van der Waals surface area contributed by atoms with E-state index in [2.05, 4.69) is 4.98 Å². The van der Waals surface area contributed by atoms with Crippen molar-refractivity contribution >= 4 is 17.9 Å². The highest BCUT2D eigenvalue weighted by atomic mass is 16.6. The molecule has 0 saturated heterocycles. The number of nitrogens with zero attached hydrogens (tertiary/aromatic N) is 3. The van der Waals surface area contributed by atoms with E-state index in [0.29, 0.717) is 12.2 Å². The van der Waals surface area contributed by atoms with Gasteiger partial charge in [-0.05, 0) is 51.8 Å². The van der Waals surface area contributed by atoms with Crippen LogP contribution < -0.4 is 11.3 Å². The molecule has 0 unspecified atom stereocenters. The molecule has 0 radical (unpaired) electrons. The van der Waals surface area contributed by atoms with Crippen LogP contribution in [0.15, 0.2) is 29.2 Å². The molecule has 2 N–H and O–H groups in total. The van der Waals surface area contributed by atoms with Gasteiger partial charge in [0.25, 0.3) is 5.56 Å². The molecule has 0 atom stereocenters. The second kappa shape index (κ2) is 6.23. The smallest absolute Gasteiger partial charge is 0.420 e. The number of fused-ring (bicyclic) bond motifs is 1. The predicted octanol–water partition coefficient (Wildman–Crippen LogP) is 2.42. The summed E-state index contributed by atoms with van der Waals surface area (Å²) < 4.78 is 8.45. The van der Waals surface area contributed by atoms with Gasteiger partial charge in [0.1, 0.15) is 11.4 Å². The van der Waals surface area contributed by atoms with E-state index in [1.165, 1.54) is 9.13 Å². The van der Waals surface area contributed by atoms with E-state index in [0.717, 1.165) is 17.8 Å². The first kappa shape index (κ1) is 17.0. The van der Waals surface area contributed by atoms with Crippen LogP contribution in [0.25, 0.3) is 6.08 Å². The van der Waals surface area contributed by atoms with Crippen LogP contribution in [0.5, 0.6) is 0 Å². The van der Waals surface area contributed by atoms with Gasteiger partial charge in [-0.25, -0.2) is 14.3 Å². The number of rotatable bonds is 2. The fourth-order valence-electron chi connectivity index (χ4n) is 2.77. The number of nitrogens with two attached hydrogens (primary N) is 1. The number of ether oxygens (including phenoxy) is 1. The number of allylic oxidation sites excluding steroid dienone is 1. The third kappa shape index (κ3) is 3.50. The number of hydrogen-bond donors (Lipinski definition) is 1. The predicted molar refractivity (Wildman–Crippen MR) is 95.4 cm³/mol. The van der Waals surface area contributed by atoms with E-state index in [1.54, 1.807) is 18.3 Å². The molecule has 0 spiro atoms. The van der Waals surface area contributed by atoms with Gasteiger partial charge in [0.15, 0.2) is 0 Å². The number of hydrogen-bond acceptors (Lipinski definition) is 5. The molecule has 7 heteroatoms. The molecule has 1 aliphatic carbocycles.